The van der Waals surface area contributed by atoms with Crippen LogP contribution >= 0.6 is 12.9 Å². The van der Waals surface area contributed by atoms with Gasteiger partial charge in [0, 0.05) is 22.8 Å². The molecule has 3 rings (SSSR count). The zero-order valence-electron chi connectivity index (χ0n) is 17.2. The maximum Gasteiger partial charge on any atom is 0.411 e. The number of anilines is 1. The van der Waals surface area contributed by atoms with Gasteiger partial charge in [0.2, 0.25) is 6.21 Å². The minimum absolute atomic E-state index is 0.0223. The number of carbonyl (C=O) groups excluding carboxylic acids is 2. The number of rotatable bonds is 8. The van der Waals surface area contributed by atoms with Crippen molar-refractivity contribution in [2.45, 2.75) is 40.2 Å². The van der Waals surface area contributed by atoms with E-state index in [1.54, 1.807) is 13.0 Å². The number of nitrogens with zero attached hydrogens (tertiary/aromatic N) is 1. The molecule has 158 valence electrons. The molecule has 0 atom stereocenters. The molecule has 1 amide bonds. The highest BCUT2D eigenvalue weighted by molar-refractivity contribution is 7.74. The fraction of sp³-hybridized carbons (Fsp3) is 0.318. The van der Waals surface area contributed by atoms with E-state index in [1.165, 1.54) is 4.74 Å². The van der Waals surface area contributed by atoms with E-state index >= 15 is 0 Å². The highest BCUT2D eigenvalue weighted by Crippen LogP contribution is 2.27. The zero-order valence-corrected chi connectivity index (χ0v) is 18.1. The van der Waals surface area contributed by atoms with Crippen molar-refractivity contribution in [1.29, 1.82) is 0 Å². The quantitative estimate of drug-likeness (QED) is 0.118. The Balaban J connectivity index is 1.61. The van der Waals surface area contributed by atoms with Crippen molar-refractivity contribution in [2.75, 3.05) is 11.9 Å². The number of ketones is 1. The third-order valence-corrected chi connectivity index (χ3v) is 5.15. The molecule has 7 nitrogen and oxygen atoms in total. The monoisotopic (exact) mass is 429 g/mol. The second-order valence-corrected chi connectivity index (χ2v) is 7.22. The van der Waals surface area contributed by atoms with Crippen LogP contribution in [0.2, 0.25) is 0 Å². The maximum atomic E-state index is 12.1. The number of fused-ring (bicyclic) bond motifs is 1. The topological polar surface area (TPSA) is 76.9 Å². The Morgan fingerprint density at radius 2 is 2.10 bits per heavy atom. The Kier molecular flexibility index (Phi) is 6.99. The number of cyclic esters (lactones) is 1. The molecule has 2 aromatic carbocycles. The molecule has 1 N–H and O–H groups in total. The third-order valence-electron chi connectivity index (χ3n) is 4.98. The summed E-state index contributed by atoms with van der Waals surface area (Å²) in [5, 5.41) is 2.65. The van der Waals surface area contributed by atoms with Gasteiger partial charge in [-0.3, -0.25) is 10.1 Å². The van der Waals surface area contributed by atoms with Crippen molar-refractivity contribution in [1.82, 2.24) is 0 Å². The molecule has 0 unspecified atom stereocenters. The molecule has 0 spiro atoms. The predicted molar refractivity (Wildman–Crippen MR) is 117 cm³/mol. The van der Waals surface area contributed by atoms with E-state index in [0.29, 0.717) is 30.0 Å². The minimum atomic E-state index is -0.445. The summed E-state index contributed by atoms with van der Waals surface area (Å²) in [5.41, 5.74) is 4.88. The molecule has 1 aliphatic heterocycles. The number of hydrogen-bond acceptors (Lipinski definition) is 6. The van der Waals surface area contributed by atoms with Crippen LogP contribution in [0.1, 0.15) is 46.8 Å². The van der Waals surface area contributed by atoms with Crippen molar-refractivity contribution in [2.24, 2.45) is 0 Å². The number of hydrogen-bond donors (Lipinski definition) is 2. The third kappa shape index (κ3) is 4.94. The SMILES string of the molecule is CC(=O)c1c([N+](=CCCCOc2ccc3c(c2)COC(=O)N3)OS)ccc(C)c1C. The molecule has 8 heteroatoms. The van der Waals surface area contributed by atoms with Crippen LogP contribution in [0, 0.1) is 13.8 Å². The number of unbranched alkanes of at least 4 members (excludes halogenated alkanes) is 1. The van der Waals surface area contributed by atoms with Crippen LogP contribution in [0.4, 0.5) is 16.2 Å². The summed E-state index contributed by atoms with van der Waals surface area (Å²) in [5.74, 6) is 0.690. The number of thiol groups is 1. The van der Waals surface area contributed by atoms with E-state index in [-0.39, 0.29) is 12.4 Å². The van der Waals surface area contributed by atoms with E-state index in [1.807, 2.05) is 44.3 Å². The summed E-state index contributed by atoms with van der Waals surface area (Å²) in [4.78, 5) is 23.4. The molecule has 0 saturated heterocycles. The van der Waals surface area contributed by atoms with Crippen LogP contribution in [-0.2, 0) is 15.6 Å². The van der Waals surface area contributed by atoms with Gasteiger partial charge >= 0.3 is 6.09 Å². The fourth-order valence-electron chi connectivity index (χ4n) is 3.28. The Hall–Kier alpha value is -3.00. The fourth-order valence-corrected chi connectivity index (χ4v) is 3.43. The number of aryl methyl sites for hydroxylation is 1. The summed E-state index contributed by atoms with van der Waals surface area (Å²) in [7, 11) is 0. The Morgan fingerprint density at radius 1 is 1.30 bits per heavy atom. The number of amides is 1. The van der Waals surface area contributed by atoms with Crippen LogP contribution in [0.25, 0.3) is 0 Å². The standard InChI is InChI=1S/C22H24N2O5S/c1-14-6-9-20(21(15(14)2)16(3)25)24(29-30)10-4-5-11-27-18-7-8-19-17(12-18)13-28-22(26)23-19/h6-10,12H,4-5,11,13H2,1-3H3,(H-,23,26,30)/p+1. The zero-order chi connectivity index (χ0) is 21.7. The lowest BCUT2D eigenvalue weighted by molar-refractivity contribution is -0.672. The highest BCUT2D eigenvalue weighted by atomic mass is 32.1. The molecular formula is C22H25N2O5S+. The maximum absolute atomic E-state index is 12.1. The number of benzene rings is 2. The Labute approximate surface area is 181 Å². The molecule has 30 heavy (non-hydrogen) atoms. The van der Waals surface area contributed by atoms with Crippen LogP contribution in [0.3, 0.4) is 0 Å². The number of nitrogens with one attached hydrogen (secondary N) is 1. The van der Waals surface area contributed by atoms with Gasteiger partial charge in [0.05, 0.1) is 17.9 Å². The van der Waals surface area contributed by atoms with Gasteiger partial charge in [0.1, 0.15) is 25.3 Å². The molecule has 0 aromatic heterocycles. The molecule has 0 radical (unpaired) electrons. The average Bonchev–Trinajstić information content (AvgIpc) is 2.72. The minimum Gasteiger partial charge on any atom is -0.494 e. The van der Waals surface area contributed by atoms with Gasteiger partial charge in [0.25, 0.3) is 5.69 Å². The van der Waals surface area contributed by atoms with E-state index in [4.69, 9.17) is 13.8 Å². The number of ether oxygens (including phenoxy) is 2. The van der Waals surface area contributed by atoms with Crippen molar-refractivity contribution in [3.63, 3.8) is 0 Å². The van der Waals surface area contributed by atoms with Crippen LogP contribution in [0.5, 0.6) is 5.75 Å². The van der Waals surface area contributed by atoms with Crippen molar-refractivity contribution in [3.8, 4) is 5.75 Å². The molecule has 1 heterocycles. The smallest absolute Gasteiger partial charge is 0.411 e. The normalized spacial score (nSPS) is 13.2. The lowest BCUT2D eigenvalue weighted by Gasteiger charge is -2.18. The molecule has 0 saturated carbocycles. The van der Waals surface area contributed by atoms with Crippen LogP contribution in [0.15, 0.2) is 30.3 Å². The summed E-state index contributed by atoms with van der Waals surface area (Å²) in [6.07, 6.45) is 2.79. The molecule has 0 bridgehead atoms. The molecular weight excluding hydrogens is 404 g/mol. The van der Waals surface area contributed by atoms with Gasteiger partial charge in [-0.1, -0.05) is 6.07 Å². The van der Waals surface area contributed by atoms with Gasteiger partial charge in [-0.05, 0) is 56.5 Å². The summed E-state index contributed by atoms with van der Waals surface area (Å²) in [6, 6.07) is 9.28. The first kappa shape index (κ1) is 21.7. The summed E-state index contributed by atoms with van der Waals surface area (Å²) >= 11 is 3.95. The lowest BCUT2D eigenvalue weighted by Crippen LogP contribution is -2.20. The average molecular weight is 430 g/mol. The van der Waals surface area contributed by atoms with Crippen molar-refractivity contribution in [3.05, 3.63) is 52.6 Å². The van der Waals surface area contributed by atoms with Gasteiger partial charge < -0.3 is 9.47 Å². The molecule has 1 aliphatic rings. The van der Waals surface area contributed by atoms with Gasteiger partial charge in [-0.25, -0.2) is 4.79 Å². The van der Waals surface area contributed by atoms with Gasteiger partial charge in [-0.15, -0.1) is 0 Å². The first-order chi connectivity index (χ1) is 14.4. The van der Waals surface area contributed by atoms with Crippen LogP contribution < -0.4 is 10.1 Å². The molecule has 0 aliphatic carbocycles. The first-order valence-electron chi connectivity index (χ1n) is 9.65. The number of carbonyl (C=O) groups is 2. The highest BCUT2D eigenvalue weighted by Gasteiger charge is 2.23. The molecule has 2 aromatic rings. The van der Waals surface area contributed by atoms with Crippen LogP contribution in [-0.4, -0.2) is 29.4 Å². The van der Waals surface area contributed by atoms with Crippen molar-refractivity contribution < 1.29 is 28.1 Å². The van der Waals surface area contributed by atoms with E-state index in [9.17, 15) is 9.59 Å². The van der Waals surface area contributed by atoms with Gasteiger partial charge in [0.15, 0.2) is 5.78 Å². The Bertz CT molecular complexity index is 1000. The largest absolute Gasteiger partial charge is 0.494 e. The predicted octanol–water partition coefficient (Wildman–Crippen LogP) is 4.92. The second kappa shape index (κ2) is 9.67. The summed E-state index contributed by atoms with van der Waals surface area (Å²) < 4.78 is 17.5. The van der Waals surface area contributed by atoms with Gasteiger partial charge in [-0.2, -0.15) is 4.28 Å². The Morgan fingerprint density at radius 3 is 2.83 bits per heavy atom. The van der Waals surface area contributed by atoms with E-state index < -0.39 is 6.09 Å². The second-order valence-electron chi connectivity index (χ2n) is 7.06. The summed E-state index contributed by atoms with van der Waals surface area (Å²) in [6.45, 7) is 6.17. The van der Waals surface area contributed by atoms with E-state index in [0.717, 1.165) is 28.8 Å². The molecule has 0 fully saturated rings. The lowest BCUT2D eigenvalue weighted by atomic mass is 9.98. The number of Topliss-reactive ketones (excluding diaryl/α,β-unsaturated/α-hetero) is 1. The first-order valence-corrected chi connectivity index (χ1v) is 10.0. The van der Waals surface area contributed by atoms with Crippen molar-refractivity contribution >= 4 is 42.4 Å². The van der Waals surface area contributed by atoms with E-state index in [2.05, 4.69) is 18.2 Å².